The zero-order valence-corrected chi connectivity index (χ0v) is 11.0. The molecule has 1 heterocycles. The van der Waals surface area contributed by atoms with E-state index in [-0.39, 0.29) is 5.43 Å². The maximum absolute atomic E-state index is 12.0. The number of aryl methyl sites for hydroxylation is 1. The van der Waals surface area contributed by atoms with Gasteiger partial charge in [0.2, 0.25) is 0 Å². The van der Waals surface area contributed by atoms with Gasteiger partial charge in [-0.25, -0.2) is 0 Å². The number of nitrogens with two attached hydrogens (primary N) is 1. The Morgan fingerprint density at radius 1 is 1.21 bits per heavy atom. The van der Waals surface area contributed by atoms with Crippen LogP contribution in [-0.2, 0) is 6.42 Å². The number of hydrogen-bond donors (Lipinski definition) is 1. The molecule has 0 aromatic heterocycles. The van der Waals surface area contributed by atoms with Crippen molar-refractivity contribution in [2.75, 3.05) is 5.73 Å². The fraction of sp³-hybridized carbons (Fsp3) is 0.438. The van der Waals surface area contributed by atoms with Crippen molar-refractivity contribution in [3.63, 3.8) is 0 Å². The number of anilines is 1. The second-order valence-corrected chi connectivity index (χ2v) is 5.53. The first-order chi connectivity index (χ1) is 9.22. The number of nitrogen functional groups attached to an aromatic ring is 1. The summed E-state index contributed by atoms with van der Waals surface area (Å²) in [7, 11) is 0. The third kappa shape index (κ3) is 2.65. The lowest BCUT2D eigenvalue weighted by Gasteiger charge is -2.10. The van der Waals surface area contributed by atoms with Crippen molar-refractivity contribution >= 4 is 5.88 Å². The maximum Gasteiger partial charge on any atom is 0.190 e. The summed E-state index contributed by atoms with van der Waals surface area (Å²) in [5, 5.41) is 0. The van der Waals surface area contributed by atoms with Gasteiger partial charge in [-0.1, -0.05) is 25.7 Å². The lowest BCUT2D eigenvalue weighted by Crippen LogP contribution is -2.08. The van der Waals surface area contributed by atoms with Crippen LogP contribution in [0, 0.1) is 5.92 Å². The SMILES string of the molecule is Nc1ccc2c(=O)cc(CCC3CCCC3)cc-2o1. The van der Waals surface area contributed by atoms with Crippen LogP contribution in [0.2, 0.25) is 0 Å². The van der Waals surface area contributed by atoms with Crippen LogP contribution in [0.15, 0.2) is 33.5 Å². The molecular formula is C16H19NO2. The van der Waals surface area contributed by atoms with Gasteiger partial charge < -0.3 is 10.2 Å². The summed E-state index contributed by atoms with van der Waals surface area (Å²) in [6.45, 7) is 0. The number of rotatable bonds is 3. The lowest BCUT2D eigenvalue weighted by molar-refractivity contribution is 0.503. The lowest BCUT2D eigenvalue weighted by atomic mass is 9.96. The van der Waals surface area contributed by atoms with E-state index >= 15 is 0 Å². The third-order valence-corrected chi connectivity index (χ3v) is 4.12. The Balaban J connectivity index is 1.83. The van der Waals surface area contributed by atoms with Gasteiger partial charge in [0.05, 0.1) is 5.56 Å². The molecule has 1 saturated carbocycles. The molecule has 0 spiro atoms. The average Bonchev–Trinajstić information content (AvgIpc) is 2.89. The molecule has 1 aliphatic heterocycles. The van der Waals surface area contributed by atoms with Crippen molar-refractivity contribution in [3.05, 3.63) is 40.1 Å². The smallest absolute Gasteiger partial charge is 0.190 e. The zero-order chi connectivity index (χ0) is 13.2. The van der Waals surface area contributed by atoms with Gasteiger partial charge in [-0.2, -0.15) is 0 Å². The Bertz CT molecular complexity index is 596. The monoisotopic (exact) mass is 257 g/mol. The molecule has 2 N–H and O–H groups in total. The standard InChI is InChI=1S/C16H19NO2/c17-16-8-7-13-14(18)9-12(10-15(13)19-16)6-5-11-3-1-2-4-11/h7-11H,1-6,17H2. The van der Waals surface area contributed by atoms with Crippen molar-refractivity contribution in [2.24, 2.45) is 5.92 Å². The highest BCUT2D eigenvalue weighted by Gasteiger charge is 2.16. The first kappa shape index (κ1) is 12.3. The van der Waals surface area contributed by atoms with Crippen molar-refractivity contribution in [1.82, 2.24) is 0 Å². The largest absolute Gasteiger partial charge is 0.441 e. The Morgan fingerprint density at radius 2 is 2.00 bits per heavy atom. The molecule has 2 aliphatic carbocycles. The second-order valence-electron chi connectivity index (χ2n) is 5.53. The predicted molar refractivity (Wildman–Crippen MR) is 76.3 cm³/mol. The van der Waals surface area contributed by atoms with Gasteiger partial charge >= 0.3 is 0 Å². The molecule has 3 rings (SSSR count). The molecule has 100 valence electrons. The van der Waals surface area contributed by atoms with Crippen LogP contribution >= 0.6 is 0 Å². The quantitative estimate of drug-likeness (QED) is 0.916. The average molecular weight is 257 g/mol. The van der Waals surface area contributed by atoms with Gasteiger partial charge in [0.25, 0.3) is 0 Å². The van der Waals surface area contributed by atoms with Gasteiger partial charge in [-0.05, 0) is 48.6 Å². The molecule has 0 aromatic rings. The van der Waals surface area contributed by atoms with E-state index in [1.165, 1.54) is 32.1 Å². The number of benzene rings is 1. The van der Waals surface area contributed by atoms with Crippen molar-refractivity contribution in [1.29, 1.82) is 0 Å². The summed E-state index contributed by atoms with van der Waals surface area (Å²) in [5.74, 6) is 1.79. The summed E-state index contributed by atoms with van der Waals surface area (Å²) in [4.78, 5) is 12.0. The van der Waals surface area contributed by atoms with E-state index < -0.39 is 0 Å². The van der Waals surface area contributed by atoms with Gasteiger partial charge in [0, 0.05) is 0 Å². The van der Waals surface area contributed by atoms with Gasteiger partial charge in [-0.3, -0.25) is 4.79 Å². The fourth-order valence-corrected chi connectivity index (χ4v) is 3.04. The third-order valence-electron chi connectivity index (χ3n) is 4.12. The molecule has 0 atom stereocenters. The van der Waals surface area contributed by atoms with Gasteiger partial charge in [0.1, 0.15) is 5.76 Å². The Morgan fingerprint density at radius 3 is 2.79 bits per heavy atom. The van der Waals surface area contributed by atoms with E-state index in [4.69, 9.17) is 10.2 Å². The number of fused-ring (bicyclic) bond motifs is 1. The maximum atomic E-state index is 12.0. The molecule has 0 radical (unpaired) electrons. The van der Waals surface area contributed by atoms with Crippen LogP contribution in [0.25, 0.3) is 11.3 Å². The minimum Gasteiger partial charge on any atom is -0.441 e. The van der Waals surface area contributed by atoms with E-state index in [0.29, 0.717) is 17.2 Å². The summed E-state index contributed by atoms with van der Waals surface area (Å²) >= 11 is 0. The van der Waals surface area contributed by atoms with E-state index in [1.807, 2.05) is 6.07 Å². The van der Waals surface area contributed by atoms with Crippen LogP contribution in [0.4, 0.5) is 5.88 Å². The molecule has 0 unspecified atom stereocenters. The summed E-state index contributed by atoms with van der Waals surface area (Å²) in [6.07, 6.45) is 7.54. The van der Waals surface area contributed by atoms with Crippen LogP contribution in [0.1, 0.15) is 37.7 Å². The van der Waals surface area contributed by atoms with E-state index in [2.05, 4.69) is 0 Å². The molecule has 19 heavy (non-hydrogen) atoms. The zero-order valence-electron chi connectivity index (χ0n) is 11.0. The Kier molecular flexibility index (Phi) is 3.28. The van der Waals surface area contributed by atoms with Crippen molar-refractivity contribution in [2.45, 2.75) is 38.5 Å². The molecule has 0 amide bonds. The van der Waals surface area contributed by atoms with Gasteiger partial charge in [0.15, 0.2) is 11.3 Å². The number of hydrogen-bond acceptors (Lipinski definition) is 3. The Hall–Kier alpha value is -1.77. The Labute approximate surface area is 112 Å². The van der Waals surface area contributed by atoms with Crippen molar-refractivity contribution < 1.29 is 4.42 Å². The minimum absolute atomic E-state index is 0.0303. The normalized spacial score (nSPS) is 16.2. The molecule has 0 aromatic carbocycles. The van der Waals surface area contributed by atoms with Crippen LogP contribution in [0.5, 0.6) is 0 Å². The van der Waals surface area contributed by atoms with Crippen molar-refractivity contribution in [3.8, 4) is 11.3 Å². The first-order valence-electron chi connectivity index (χ1n) is 7.04. The summed E-state index contributed by atoms with van der Waals surface area (Å²) in [6, 6.07) is 7.06. The molecule has 3 nitrogen and oxygen atoms in total. The predicted octanol–water partition coefficient (Wildman–Crippen LogP) is 3.45. The highest BCUT2D eigenvalue weighted by molar-refractivity contribution is 5.61. The van der Waals surface area contributed by atoms with Gasteiger partial charge in [-0.15, -0.1) is 0 Å². The minimum atomic E-state index is 0.0303. The van der Waals surface area contributed by atoms with Crippen LogP contribution < -0.4 is 11.2 Å². The molecule has 0 bridgehead atoms. The van der Waals surface area contributed by atoms with E-state index in [1.54, 1.807) is 18.2 Å². The fourth-order valence-electron chi connectivity index (χ4n) is 3.04. The summed E-state index contributed by atoms with van der Waals surface area (Å²) in [5.41, 5.74) is 7.34. The van der Waals surface area contributed by atoms with Crippen LogP contribution in [0.3, 0.4) is 0 Å². The highest BCUT2D eigenvalue weighted by Crippen LogP contribution is 2.29. The van der Waals surface area contributed by atoms with E-state index in [9.17, 15) is 4.79 Å². The first-order valence-corrected chi connectivity index (χ1v) is 7.04. The molecular weight excluding hydrogens is 238 g/mol. The molecule has 1 fully saturated rings. The van der Waals surface area contributed by atoms with E-state index in [0.717, 1.165) is 17.9 Å². The molecule has 0 saturated heterocycles. The molecule has 3 aliphatic rings. The summed E-state index contributed by atoms with van der Waals surface area (Å²) < 4.78 is 5.43. The molecule has 3 heteroatoms. The second kappa shape index (κ2) is 5.08. The highest BCUT2D eigenvalue weighted by atomic mass is 16.3. The van der Waals surface area contributed by atoms with Crippen LogP contribution in [-0.4, -0.2) is 0 Å². The topological polar surface area (TPSA) is 56.2 Å².